The Kier molecular flexibility index (Phi) is 2.72. The minimum Gasteiger partial charge on any atom is -0.321 e. The van der Waals surface area contributed by atoms with E-state index in [0.29, 0.717) is 0 Å². The number of hydrogen-bond acceptors (Lipinski definition) is 2. The number of benzene rings is 1. The smallest absolute Gasteiger partial charge is 0.0409 e. The standard InChI is InChI=1S/C14H19NS/c15-14(6-1-2-7-14)13-5-3-4-11(8-13)12-9-16-10-12/h3-5,8,12H,1-2,6-7,9-10,15H2. The fourth-order valence-corrected chi connectivity index (χ4v) is 3.68. The first-order valence-electron chi connectivity index (χ1n) is 6.25. The van der Waals surface area contributed by atoms with Gasteiger partial charge in [0.25, 0.3) is 0 Å². The van der Waals surface area contributed by atoms with Gasteiger partial charge in [-0.05, 0) is 24.0 Å². The first-order valence-corrected chi connectivity index (χ1v) is 7.40. The zero-order valence-corrected chi connectivity index (χ0v) is 10.4. The lowest BCUT2D eigenvalue weighted by Crippen LogP contribution is -2.33. The van der Waals surface area contributed by atoms with Crippen LogP contribution in [0.25, 0.3) is 0 Å². The lowest BCUT2D eigenvalue weighted by molar-refractivity contribution is 0.461. The van der Waals surface area contributed by atoms with Crippen LogP contribution in [0, 0.1) is 0 Å². The van der Waals surface area contributed by atoms with E-state index in [1.807, 2.05) is 11.8 Å². The Hall–Kier alpha value is -0.470. The van der Waals surface area contributed by atoms with E-state index in [4.69, 9.17) is 5.73 Å². The minimum absolute atomic E-state index is 0.0209. The van der Waals surface area contributed by atoms with E-state index in [2.05, 4.69) is 24.3 Å². The molecule has 86 valence electrons. The Balaban J connectivity index is 1.89. The largest absolute Gasteiger partial charge is 0.321 e. The Morgan fingerprint density at radius 3 is 2.56 bits per heavy atom. The van der Waals surface area contributed by atoms with E-state index in [0.717, 1.165) is 18.8 Å². The Labute approximate surface area is 102 Å². The normalized spacial score (nSPS) is 24.3. The molecule has 16 heavy (non-hydrogen) atoms. The van der Waals surface area contributed by atoms with Gasteiger partial charge in [-0.15, -0.1) is 0 Å². The van der Waals surface area contributed by atoms with Crippen molar-refractivity contribution in [2.24, 2.45) is 5.73 Å². The van der Waals surface area contributed by atoms with E-state index in [1.54, 1.807) is 0 Å². The van der Waals surface area contributed by atoms with E-state index >= 15 is 0 Å². The van der Waals surface area contributed by atoms with Crippen LogP contribution in [0.4, 0.5) is 0 Å². The maximum Gasteiger partial charge on any atom is 0.0409 e. The second-order valence-electron chi connectivity index (χ2n) is 5.22. The molecule has 1 aromatic rings. The maximum absolute atomic E-state index is 6.50. The summed E-state index contributed by atoms with van der Waals surface area (Å²) in [5, 5.41) is 0. The molecule has 2 heteroatoms. The van der Waals surface area contributed by atoms with Gasteiger partial charge in [-0.25, -0.2) is 0 Å². The molecule has 0 amide bonds. The van der Waals surface area contributed by atoms with Crippen LogP contribution in [0.3, 0.4) is 0 Å². The highest BCUT2D eigenvalue weighted by atomic mass is 32.2. The molecular formula is C14H19NS. The van der Waals surface area contributed by atoms with Crippen LogP contribution < -0.4 is 5.73 Å². The molecule has 1 heterocycles. The zero-order chi connectivity index (χ0) is 11.0. The van der Waals surface area contributed by atoms with Crippen molar-refractivity contribution in [2.75, 3.05) is 11.5 Å². The fraction of sp³-hybridized carbons (Fsp3) is 0.571. The molecule has 0 spiro atoms. The second-order valence-corrected chi connectivity index (χ2v) is 6.30. The van der Waals surface area contributed by atoms with Crippen LogP contribution in [0.5, 0.6) is 0 Å². The van der Waals surface area contributed by atoms with Crippen molar-refractivity contribution >= 4 is 11.8 Å². The summed E-state index contributed by atoms with van der Waals surface area (Å²) in [6.45, 7) is 0. The average molecular weight is 233 g/mol. The third-order valence-corrected chi connectivity index (χ3v) is 5.34. The average Bonchev–Trinajstić information content (AvgIpc) is 2.65. The van der Waals surface area contributed by atoms with Gasteiger partial charge in [-0.3, -0.25) is 0 Å². The monoisotopic (exact) mass is 233 g/mol. The topological polar surface area (TPSA) is 26.0 Å². The first kappa shape index (κ1) is 10.7. The summed E-state index contributed by atoms with van der Waals surface area (Å²) in [5.41, 5.74) is 9.36. The predicted octanol–water partition coefficient (Wildman–Crippen LogP) is 3.25. The highest BCUT2D eigenvalue weighted by molar-refractivity contribution is 8.00. The molecule has 1 saturated carbocycles. The highest BCUT2D eigenvalue weighted by Crippen LogP contribution is 2.39. The number of thioether (sulfide) groups is 1. The molecule has 0 radical (unpaired) electrons. The molecule has 1 saturated heterocycles. The lowest BCUT2D eigenvalue weighted by Gasteiger charge is -2.29. The number of nitrogens with two attached hydrogens (primary N) is 1. The van der Waals surface area contributed by atoms with Gasteiger partial charge in [-0.2, -0.15) is 11.8 Å². The van der Waals surface area contributed by atoms with Gasteiger partial charge < -0.3 is 5.73 Å². The van der Waals surface area contributed by atoms with Crippen molar-refractivity contribution in [1.82, 2.24) is 0 Å². The molecule has 2 aliphatic rings. The maximum atomic E-state index is 6.50. The fourth-order valence-electron chi connectivity index (χ4n) is 2.83. The van der Waals surface area contributed by atoms with Crippen molar-refractivity contribution in [3.05, 3.63) is 35.4 Å². The van der Waals surface area contributed by atoms with Crippen molar-refractivity contribution in [3.63, 3.8) is 0 Å². The van der Waals surface area contributed by atoms with Crippen molar-refractivity contribution in [2.45, 2.75) is 37.1 Å². The summed E-state index contributed by atoms with van der Waals surface area (Å²) >= 11 is 2.05. The van der Waals surface area contributed by atoms with E-state index in [-0.39, 0.29) is 5.54 Å². The molecule has 3 rings (SSSR count). The molecule has 2 fully saturated rings. The summed E-state index contributed by atoms with van der Waals surface area (Å²) in [6.07, 6.45) is 4.91. The predicted molar refractivity (Wildman–Crippen MR) is 70.8 cm³/mol. The van der Waals surface area contributed by atoms with Crippen LogP contribution in [0.1, 0.15) is 42.7 Å². The molecule has 0 aromatic heterocycles. The van der Waals surface area contributed by atoms with E-state index in [1.165, 1.54) is 35.5 Å². The number of rotatable bonds is 2. The van der Waals surface area contributed by atoms with Gasteiger partial charge in [0.05, 0.1) is 0 Å². The van der Waals surface area contributed by atoms with Crippen LogP contribution in [0.15, 0.2) is 24.3 Å². The summed E-state index contributed by atoms with van der Waals surface area (Å²) in [4.78, 5) is 0. The van der Waals surface area contributed by atoms with Gasteiger partial charge in [-0.1, -0.05) is 37.1 Å². The number of hydrogen-bond donors (Lipinski definition) is 1. The molecule has 0 atom stereocenters. The van der Waals surface area contributed by atoms with Crippen LogP contribution in [-0.4, -0.2) is 11.5 Å². The molecule has 0 unspecified atom stereocenters. The molecule has 1 aliphatic heterocycles. The van der Waals surface area contributed by atoms with Crippen LogP contribution in [-0.2, 0) is 5.54 Å². The summed E-state index contributed by atoms with van der Waals surface area (Å²) in [5.74, 6) is 3.37. The van der Waals surface area contributed by atoms with Crippen molar-refractivity contribution in [3.8, 4) is 0 Å². The molecule has 2 N–H and O–H groups in total. The van der Waals surface area contributed by atoms with E-state index < -0.39 is 0 Å². The van der Waals surface area contributed by atoms with Gasteiger partial charge in [0.1, 0.15) is 0 Å². The molecule has 1 aliphatic carbocycles. The molecule has 1 aromatic carbocycles. The van der Waals surface area contributed by atoms with Gasteiger partial charge >= 0.3 is 0 Å². The minimum atomic E-state index is -0.0209. The molecule has 0 bridgehead atoms. The van der Waals surface area contributed by atoms with E-state index in [9.17, 15) is 0 Å². The highest BCUT2D eigenvalue weighted by Gasteiger charge is 2.32. The van der Waals surface area contributed by atoms with Gasteiger partial charge in [0, 0.05) is 23.0 Å². The van der Waals surface area contributed by atoms with Crippen molar-refractivity contribution in [1.29, 1.82) is 0 Å². The van der Waals surface area contributed by atoms with Gasteiger partial charge in [0.2, 0.25) is 0 Å². The Morgan fingerprint density at radius 2 is 1.94 bits per heavy atom. The van der Waals surface area contributed by atoms with Gasteiger partial charge in [0.15, 0.2) is 0 Å². The Bertz CT molecular complexity index is 378. The SMILES string of the molecule is NC1(c2cccc(C3CSC3)c2)CCCC1. The molecular weight excluding hydrogens is 214 g/mol. The molecule has 1 nitrogen and oxygen atoms in total. The summed E-state index contributed by atoms with van der Waals surface area (Å²) < 4.78 is 0. The summed E-state index contributed by atoms with van der Waals surface area (Å²) in [6, 6.07) is 9.06. The summed E-state index contributed by atoms with van der Waals surface area (Å²) in [7, 11) is 0. The quantitative estimate of drug-likeness (QED) is 0.848. The second kappa shape index (κ2) is 4.08. The zero-order valence-electron chi connectivity index (χ0n) is 9.61. The Morgan fingerprint density at radius 1 is 1.19 bits per heavy atom. The third-order valence-electron chi connectivity index (χ3n) is 4.07. The first-order chi connectivity index (χ1) is 7.78. The van der Waals surface area contributed by atoms with Crippen LogP contribution in [0.2, 0.25) is 0 Å². The third kappa shape index (κ3) is 1.78. The van der Waals surface area contributed by atoms with Crippen molar-refractivity contribution < 1.29 is 0 Å². The lowest BCUT2D eigenvalue weighted by atomic mass is 9.87. The van der Waals surface area contributed by atoms with Crippen LogP contribution >= 0.6 is 11.8 Å².